The SMILES string of the molecule is COC(=O)c1ccc(NC(=O)C[C@H]2C[C@@H]3CC[C@@H]2C3)cc1. The molecule has 3 atom stereocenters. The average molecular weight is 287 g/mol. The van der Waals surface area contributed by atoms with E-state index in [2.05, 4.69) is 10.1 Å². The number of benzene rings is 1. The Hall–Kier alpha value is -1.84. The second-order valence-corrected chi connectivity index (χ2v) is 6.26. The van der Waals surface area contributed by atoms with Gasteiger partial charge in [0.25, 0.3) is 0 Å². The molecule has 21 heavy (non-hydrogen) atoms. The molecule has 3 rings (SSSR count). The zero-order valence-electron chi connectivity index (χ0n) is 12.3. The van der Waals surface area contributed by atoms with Crippen LogP contribution in [-0.2, 0) is 9.53 Å². The van der Waals surface area contributed by atoms with Crippen LogP contribution < -0.4 is 5.32 Å². The molecule has 1 aromatic rings. The first-order valence-corrected chi connectivity index (χ1v) is 7.64. The van der Waals surface area contributed by atoms with Crippen molar-refractivity contribution in [2.75, 3.05) is 12.4 Å². The smallest absolute Gasteiger partial charge is 0.337 e. The fraction of sp³-hybridized carbons (Fsp3) is 0.529. The molecule has 0 unspecified atom stereocenters. The summed E-state index contributed by atoms with van der Waals surface area (Å²) >= 11 is 0. The van der Waals surface area contributed by atoms with Crippen molar-refractivity contribution in [1.29, 1.82) is 0 Å². The van der Waals surface area contributed by atoms with E-state index in [0.717, 1.165) is 17.5 Å². The number of rotatable bonds is 4. The van der Waals surface area contributed by atoms with Crippen LogP contribution in [-0.4, -0.2) is 19.0 Å². The molecule has 0 aliphatic heterocycles. The summed E-state index contributed by atoms with van der Waals surface area (Å²) in [5.41, 5.74) is 1.22. The summed E-state index contributed by atoms with van der Waals surface area (Å²) in [7, 11) is 1.35. The van der Waals surface area contributed by atoms with Gasteiger partial charge in [-0.3, -0.25) is 4.79 Å². The monoisotopic (exact) mass is 287 g/mol. The highest BCUT2D eigenvalue weighted by Crippen LogP contribution is 2.49. The van der Waals surface area contributed by atoms with E-state index < -0.39 is 0 Å². The lowest BCUT2D eigenvalue weighted by Gasteiger charge is -2.20. The van der Waals surface area contributed by atoms with Crippen LogP contribution in [0.25, 0.3) is 0 Å². The molecule has 4 heteroatoms. The number of ether oxygens (including phenoxy) is 1. The van der Waals surface area contributed by atoms with Gasteiger partial charge in [-0.2, -0.15) is 0 Å². The topological polar surface area (TPSA) is 55.4 Å². The summed E-state index contributed by atoms with van der Waals surface area (Å²) in [6.07, 6.45) is 5.83. The van der Waals surface area contributed by atoms with Crippen molar-refractivity contribution in [3.05, 3.63) is 29.8 Å². The van der Waals surface area contributed by atoms with Gasteiger partial charge in [0.2, 0.25) is 5.91 Å². The Labute approximate surface area is 124 Å². The Bertz CT molecular complexity index is 537. The lowest BCUT2D eigenvalue weighted by atomic mass is 9.86. The van der Waals surface area contributed by atoms with Crippen LogP contribution in [0.2, 0.25) is 0 Å². The third-order valence-electron chi connectivity index (χ3n) is 4.92. The maximum Gasteiger partial charge on any atom is 0.337 e. The van der Waals surface area contributed by atoms with Crippen molar-refractivity contribution in [1.82, 2.24) is 0 Å². The highest BCUT2D eigenvalue weighted by Gasteiger charge is 2.40. The van der Waals surface area contributed by atoms with Gasteiger partial charge in [0, 0.05) is 12.1 Å². The molecule has 112 valence electrons. The summed E-state index contributed by atoms with van der Waals surface area (Å²) in [5.74, 6) is 1.92. The molecule has 2 bridgehead atoms. The molecule has 4 nitrogen and oxygen atoms in total. The zero-order chi connectivity index (χ0) is 14.8. The van der Waals surface area contributed by atoms with Gasteiger partial charge < -0.3 is 10.1 Å². The summed E-state index contributed by atoms with van der Waals surface area (Å²) in [6.45, 7) is 0. The zero-order valence-corrected chi connectivity index (χ0v) is 12.3. The Kier molecular flexibility index (Phi) is 3.95. The number of amides is 1. The fourth-order valence-electron chi connectivity index (χ4n) is 3.88. The summed E-state index contributed by atoms with van der Waals surface area (Å²) in [5, 5.41) is 2.92. The predicted molar refractivity (Wildman–Crippen MR) is 80.0 cm³/mol. The Morgan fingerprint density at radius 2 is 1.95 bits per heavy atom. The van der Waals surface area contributed by atoms with E-state index in [4.69, 9.17) is 0 Å². The largest absolute Gasteiger partial charge is 0.465 e. The number of carbonyl (C=O) groups is 2. The van der Waals surface area contributed by atoms with Crippen LogP contribution in [0.15, 0.2) is 24.3 Å². The second-order valence-electron chi connectivity index (χ2n) is 6.26. The van der Waals surface area contributed by atoms with E-state index in [1.807, 2.05) is 0 Å². The summed E-state index contributed by atoms with van der Waals surface area (Å²) in [4.78, 5) is 23.5. The van der Waals surface area contributed by atoms with Crippen molar-refractivity contribution in [2.24, 2.45) is 17.8 Å². The van der Waals surface area contributed by atoms with Gasteiger partial charge in [0.05, 0.1) is 12.7 Å². The number of hydrogen-bond acceptors (Lipinski definition) is 3. The molecular weight excluding hydrogens is 266 g/mol. The van der Waals surface area contributed by atoms with Crippen molar-refractivity contribution in [3.8, 4) is 0 Å². The second kappa shape index (κ2) is 5.88. The lowest BCUT2D eigenvalue weighted by Crippen LogP contribution is -2.20. The molecule has 2 fully saturated rings. The van der Waals surface area contributed by atoms with Gasteiger partial charge in [-0.25, -0.2) is 4.79 Å². The molecule has 0 heterocycles. The molecule has 1 amide bonds. The van der Waals surface area contributed by atoms with Crippen molar-refractivity contribution in [2.45, 2.75) is 32.1 Å². The first-order chi connectivity index (χ1) is 10.2. The quantitative estimate of drug-likeness (QED) is 0.865. The van der Waals surface area contributed by atoms with E-state index in [9.17, 15) is 9.59 Å². The Balaban J connectivity index is 1.54. The number of anilines is 1. The first kappa shape index (κ1) is 14.1. The Morgan fingerprint density at radius 1 is 1.19 bits per heavy atom. The maximum absolute atomic E-state index is 12.1. The minimum absolute atomic E-state index is 0.0818. The summed E-state index contributed by atoms with van der Waals surface area (Å²) < 4.78 is 4.65. The number of nitrogens with one attached hydrogen (secondary N) is 1. The molecular formula is C17H21NO3. The minimum Gasteiger partial charge on any atom is -0.465 e. The van der Waals surface area contributed by atoms with Crippen molar-refractivity contribution >= 4 is 17.6 Å². The third-order valence-corrected chi connectivity index (χ3v) is 4.92. The number of methoxy groups -OCH3 is 1. The molecule has 0 saturated heterocycles. The van der Waals surface area contributed by atoms with Crippen LogP contribution in [0.3, 0.4) is 0 Å². The third kappa shape index (κ3) is 3.09. The van der Waals surface area contributed by atoms with E-state index in [1.54, 1.807) is 24.3 Å². The number of fused-ring (bicyclic) bond motifs is 2. The van der Waals surface area contributed by atoms with Crippen LogP contribution >= 0.6 is 0 Å². The van der Waals surface area contributed by atoms with Gasteiger partial charge in [0.1, 0.15) is 0 Å². The normalized spacial score (nSPS) is 26.6. The van der Waals surface area contributed by atoms with Gasteiger partial charge >= 0.3 is 5.97 Å². The fourth-order valence-corrected chi connectivity index (χ4v) is 3.88. The van der Waals surface area contributed by atoms with E-state index >= 15 is 0 Å². The van der Waals surface area contributed by atoms with Crippen LogP contribution in [0.5, 0.6) is 0 Å². The van der Waals surface area contributed by atoms with Crippen molar-refractivity contribution < 1.29 is 14.3 Å². The highest BCUT2D eigenvalue weighted by atomic mass is 16.5. The average Bonchev–Trinajstić information content (AvgIpc) is 3.09. The molecule has 0 aromatic heterocycles. The van der Waals surface area contributed by atoms with E-state index in [-0.39, 0.29) is 11.9 Å². The maximum atomic E-state index is 12.1. The lowest BCUT2D eigenvalue weighted by molar-refractivity contribution is -0.117. The molecule has 0 radical (unpaired) electrons. The number of carbonyl (C=O) groups excluding carboxylic acids is 2. The van der Waals surface area contributed by atoms with E-state index in [1.165, 1.54) is 32.8 Å². The van der Waals surface area contributed by atoms with Gasteiger partial charge in [-0.1, -0.05) is 6.42 Å². The first-order valence-electron chi connectivity index (χ1n) is 7.64. The molecule has 2 aliphatic carbocycles. The molecule has 2 aliphatic rings. The predicted octanol–water partition coefficient (Wildman–Crippen LogP) is 3.24. The van der Waals surface area contributed by atoms with Crippen LogP contribution in [0, 0.1) is 17.8 Å². The number of esters is 1. The van der Waals surface area contributed by atoms with Gasteiger partial charge in [-0.15, -0.1) is 0 Å². The molecule has 1 aromatic carbocycles. The molecule has 2 saturated carbocycles. The standard InChI is InChI=1S/C17H21NO3/c1-21-17(20)12-4-6-15(7-5-12)18-16(19)10-14-9-11-2-3-13(14)8-11/h4-7,11,13-14H,2-3,8-10H2,1H3,(H,18,19)/t11-,13-,14-/m1/s1. The Morgan fingerprint density at radius 3 is 2.52 bits per heavy atom. The van der Waals surface area contributed by atoms with Gasteiger partial charge in [-0.05, 0) is 61.3 Å². The van der Waals surface area contributed by atoms with Crippen molar-refractivity contribution in [3.63, 3.8) is 0 Å². The molecule has 1 N–H and O–H groups in total. The minimum atomic E-state index is -0.366. The van der Waals surface area contributed by atoms with E-state index in [0.29, 0.717) is 17.9 Å². The molecule has 0 spiro atoms. The van der Waals surface area contributed by atoms with Crippen LogP contribution in [0.1, 0.15) is 42.5 Å². The summed E-state index contributed by atoms with van der Waals surface area (Å²) in [6, 6.07) is 6.81. The number of hydrogen-bond donors (Lipinski definition) is 1. The van der Waals surface area contributed by atoms with Gasteiger partial charge in [0.15, 0.2) is 0 Å². The highest BCUT2D eigenvalue weighted by molar-refractivity contribution is 5.93. The van der Waals surface area contributed by atoms with Crippen LogP contribution in [0.4, 0.5) is 5.69 Å².